The first-order valence-corrected chi connectivity index (χ1v) is 10.3. The van der Waals surface area contributed by atoms with Gasteiger partial charge in [0.2, 0.25) is 5.91 Å². The maximum Gasteiger partial charge on any atom is 0.261 e. The summed E-state index contributed by atoms with van der Waals surface area (Å²) in [6.07, 6.45) is 4.58. The molecule has 9 nitrogen and oxygen atoms in total. The molecule has 0 aliphatic carbocycles. The van der Waals surface area contributed by atoms with Crippen molar-refractivity contribution in [3.05, 3.63) is 63.3 Å². The van der Waals surface area contributed by atoms with Gasteiger partial charge in [0.25, 0.3) is 11.1 Å². The first-order valence-electron chi connectivity index (χ1n) is 10.3. The summed E-state index contributed by atoms with van der Waals surface area (Å²) >= 11 is 0. The second-order valence-corrected chi connectivity index (χ2v) is 7.91. The van der Waals surface area contributed by atoms with Crippen LogP contribution in [0.5, 0.6) is 5.75 Å². The van der Waals surface area contributed by atoms with Gasteiger partial charge in [-0.25, -0.2) is 9.97 Å². The molecule has 0 unspecified atom stereocenters. The van der Waals surface area contributed by atoms with E-state index in [-0.39, 0.29) is 29.5 Å². The largest absolute Gasteiger partial charge is 0.497 e. The van der Waals surface area contributed by atoms with E-state index in [0.717, 1.165) is 12.8 Å². The van der Waals surface area contributed by atoms with E-state index in [1.54, 1.807) is 48.0 Å². The molecule has 3 aromatic rings. The first-order chi connectivity index (χ1) is 14.9. The third-order valence-electron chi connectivity index (χ3n) is 5.78. The van der Waals surface area contributed by atoms with E-state index in [2.05, 4.69) is 9.97 Å². The lowest BCUT2D eigenvalue weighted by molar-refractivity contribution is -0.133. The molecule has 1 aliphatic rings. The standard InChI is InChI=1S/C22H25N5O4/c1-15-9-20(28)26(13-23-15)12-21(29)25-7-5-16(6-8-25)11-27-14-24-19-10-17(31-2)3-4-18(19)22(27)30/h3-4,9-10,13-14,16H,5-8,11-12H2,1-2H3. The minimum absolute atomic E-state index is 0.00566. The minimum Gasteiger partial charge on any atom is -0.497 e. The molecule has 2 aromatic heterocycles. The van der Waals surface area contributed by atoms with Gasteiger partial charge in [0, 0.05) is 37.5 Å². The average Bonchev–Trinajstić information content (AvgIpc) is 2.77. The van der Waals surface area contributed by atoms with Crippen molar-refractivity contribution in [2.45, 2.75) is 32.9 Å². The van der Waals surface area contributed by atoms with Crippen LogP contribution >= 0.6 is 0 Å². The van der Waals surface area contributed by atoms with Gasteiger partial charge in [-0.1, -0.05) is 0 Å². The van der Waals surface area contributed by atoms with Crippen LogP contribution < -0.4 is 15.9 Å². The van der Waals surface area contributed by atoms with Crippen molar-refractivity contribution in [2.24, 2.45) is 5.92 Å². The summed E-state index contributed by atoms with van der Waals surface area (Å²) in [5.74, 6) is 0.852. The second-order valence-electron chi connectivity index (χ2n) is 7.91. The van der Waals surface area contributed by atoms with Crippen LogP contribution in [0, 0.1) is 12.8 Å². The van der Waals surface area contributed by atoms with Gasteiger partial charge in [-0.05, 0) is 37.8 Å². The lowest BCUT2D eigenvalue weighted by Crippen LogP contribution is -2.42. The minimum atomic E-state index is -0.225. The van der Waals surface area contributed by atoms with Crippen molar-refractivity contribution in [3.8, 4) is 5.75 Å². The highest BCUT2D eigenvalue weighted by Crippen LogP contribution is 2.20. The molecule has 1 aromatic carbocycles. The van der Waals surface area contributed by atoms with Gasteiger partial charge in [0.1, 0.15) is 12.3 Å². The molecule has 1 saturated heterocycles. The Morgan fingerprint density at radius 1 is 1.10 bits per heavy atom. The molecular weight excluding hydrogens is 398 g/mol. The highest BCUT2D eigenvalue weighted by Gasteiger charge is 2.24. The summed E-state index contributed by atoms with van der Waals surface area (Å²) in [6.45, 7) is 3.51. The zero-order chi connectivity index (χ0) is 22.0. The van der Waals surface area contributed by atoms with Crippen LogP contribution in [0.3, 0.4) is 0 Å². The Morgan fingerprint density at radius 3 is 2.55 bits per heavy atom. The van der Waals surface area contributed by atoms with E-state index in [4.69, 9.17) is 4.74 Å². The van der Waals surface area contributed by atoms with E-state index < -0.39 is 0 Å². The lowest BCUT2D eigenvalue weighted by atomic mass is 9.96. The van der Waals surface area contributed by atoms with Crippen molar-refractivity contribution in [3.63, 3.8) is 0 Å². The quantitative estimate of drug-likeness (QED) is 0.612. The number of aryl methyl sites for hydroxylation is 1. The molecular formula is C22H25N5O4. The van der Waals surface area contributed by atoms with Gasteiger partial charge in [0.05, 0.1) is 30.7 Å². The van der Waals surface area contributed by atoms with Crippen LogP contribution in [-0.2, 0) is 17.9 Å². The van der Waals surface area contributed by atoms with E-state index in [1.807, 2.05) is 0 Å². The van der Waals surface area contributed by atoms with Crippen LogP contribution in [0.1, 0.15) is 18.5 Å². The van der Waals surface area contributed by atoms with Crippen molar-refractivity contribution < 1.29 is 9.53 Å². The molecule has 3 heterocycles. The van der Waals surface area contributed by atoms with Crippen molar-refractivity contribution in [1.82, 2.24) is 24.0 Å². The van der Waals surface area contributed by atoms with Gasteiger partial charge < -0.3 is 9.64 Å². The molecule has 0 spiro atoms. The van der Waals surface area contributed by atoms with Crippen LogP contribution in [0.25, 0.3) is 10.9 Å². The fourth-order valence-electron chi connectivity index (χ4n) is 3.92. The number of benzene rings is 1. The highest BCUT2D eigenvalue weighted by atomic mass is 16.5. The van der Waals surface area contributed by atoms with E-state index >= 15 is 0 Å². The Bertz CT molecular complexity index is 1220. The van der Waals surface area contributed by atoms with Crippen LogP contribution in [0.15, 0.2) is 46.5 Å². The molecule has 4 rings (SSSR count). The molecule has 0 atom stereocenters. The molecule has 162 valence electrons. The van der Waals surface area contributed by atoms with Gasteiger partial charge in [-0.2, -0.15) is 0 Å². The monoisotopic (exact) mass is 423 g/mol. The summed E-state index contributed by atoms with van der Waals surface area (Å²) in [6, 6.07) is 6.67. The second kappa shape index (κ2) is 8.71. The predicted molar refractivity (Wildman–Crippen MR) is 115 cm³/mol. The van der Waals surface area contributed by atoms with Crippen molar-refractivity contribution in [1.29, 1.82) is 0 Å². The fraction of sp³-hybridized carbons (Fsp3) is 0.409. The number of hydrogen-bond donors (Lipinski definition) is 0. The third-order valence-corrected chi connectivity index (χ3v) is 5.78. The number of nitrogens with zero attached hydrogens (tertiary/aromatic N) is 5. The third kappa shape index (κ3) is 4.50. The Morgan fingerprint density at radius 2 is 1.84 bits per heavy atom. The molecule has 0 N–H and O–H groups in total. The summed E-state index contributed by atoms with van der Waals surface area (Å²) in [5, 5.41) is 0.563. The molecule has 0 bridgehead atoms. The van der Waals surface area contributed by atoms with Crippen LogP contribution in [-0.4, -0.2) is 50.1 Å². The Hall–Kier alpha value is -3.49. The van der Waals surface area contributed by atoms with Gasteiger partial charge >= 0.3 is 0 Å². The molecule has 1 amide bonds. The Kier molecular flexibility index (Phi) is 5.83. The lowest BCUT2D eigenvalue weighted by Gasteiger charge is -2.32. The molecule has 0 radical (unpaired) electrons. The Labute approximate surface area is 178 Å². The first kappa shape index (κ1) is 20.8. The summed E-state index contributed by atoms with van der Waals surface area (Å²) in [4.78, 5) is 47.6. The summed E-state index contributed by atoms with van der Waals surface area (Å²) in [7, 11) is 1.58. The molecule has 9 heteroatoms. The predicted octanol–water partition coefficient (Wildman–Crippen LogP) is 1.21. The fourth-order valence-corrected chi connectivity index (χ4v) is 3.92. The number of carbonyl (C=O) groups is 1. The number of ether oxygens (including phenoxy) is 1. The number of likely N-dealkylation sites (tertiary alicyclic amines) is 1. The maximum atomic E-state index is 12.8. The number of aromatic nitrogens is 4. The van der Waals surface area contributed by atoms with E-state index in [0.29, 0.717) is 42.0 Å². The van der Waals surface area contributed by atoms with Crippen LogP contribution in [0.4, 0.5) is 0 Å². The topological polar surface area (TPSA) is 99.3 Å². The van der Waals surface area contributed by atoms with Gasteiger partial charge in [-0.3, -0.25) is 23.5 Å². The highest BCUT2D eigenvalue weighted by molar-refractivity contribution is 5.78. The zero-order valence-corrected chi connectivity index (χ0v) is 17.7. The average molecular weight is 423 g/mol. The SMILES string of the molecule is COc1ccc2c(=O)n(CC3CCN(C(=O)Cn4cnc(C)cc4=O)CC3)cnc2c1. The Balaban J connectivity index is 1.38. The van der Waals surface area contributed by atoms with Crippen LogP contribution in [0.2, 0.25) is 0 Å². The number of hydrogen-bond acceptors (Lipinski definition) is 6. The summed E-state index contributed by atoms with van der Waals surface area (Å²) < 4.78 is 8.17. The zero-order valence-electron chi connectivity index (χ0n) is 17.7. The molecule has 1 fully saturated rings. The van der Waals surface area contributed by atoms with Crippen molar-refractivity contribution in [2.75, 3.05) is 20.2 Å². The number of amides is 1. The number of rotatable bonds is 5. The van der Waals surface area contributed by atoms with Gasteiger partial charge in [0.15, 0.2) is 0 Å². The molecule has 1 aliphatic heterocycles. The number of methoxy groups -OCH3 is 1. The smallest absolute Gasteiger partial charge is 0.261 e. The normalized spacial score (nSPS) is 14.7. The number of fused-ring (bicyclic) bond motifs is 1. The summed E-state index contributed by atoms with van der Waals surface area (Å²) in [5.41, 5.74) is 0.947. The van der Waals surface area contributed by atoms with Gasteiger partial charge in [-0.15, -0.1) is 0 Å². The van der Waals surface area contributed by atoms with E-state index in [9.17, 15) is 14.4 Å². The number of piperidine rings is 1. The van der Waals surface area contributed by atoms with Crippen molar-refractivity contribution >= 4 is 16.8 Å². The number of carbonyl (C=O) groups excluding carboxylic acids is 1. The molecule has 31 heavy (non-hydrogen) atoms. The maximum absolute atomic E-state index is 12.8. The molecule has 0 saturated carbocycles. The van der Waals surface area contributed by atoms with E-state index in [1.165, 1.54) is 17.0 Å².